The summed E-state index contributed by atoms with van der Waals surface area (Å²) in [5, 5.41) is 11.5. The molecular weight excluding hydrogens is 491 g/mol. The predicted molar refractivity (Wildman–Crippen MR) is 129 cm³/mol. The number of aromatic nitrogens is 2. The summed E-state index contributed by atoms with van der Waals surface area (Å²) >= 11 is 0. The minimum absolute atomic E-state index is 0.0477. The second-order valence-corrected chi connectivity index (χ2v) is 9.91. The molecular formula is C25H32F3N5O4. The highest BCUT2D eigenvalue weighted by atomic mass is 19.4. The molecule has 3 rings (SSSR count). The van der Waals surface area contributed by atoms with Gasteiger partial charge in [0, 0.05) is 31.2 Å². The van der Waals surface area contributed by atoms with Crippen LogP contribution >= 0.6 is 0 Å². The first-order valence-electron chi connectivity index (χ1n) is 12.1. The molecule has 3 N–H and O–H groups in total. The Morgan fingerprint density at radius 2 is 1.62 bits per heavy atom. The van der Waals surface area contributed by atoms with Gasteiger partial charge in [0.15, 0.2) is 5.69 Å². The molecule has 1 aliphatic carbocycles. The van der Waals surface area contributed by atoms with Gasteiger partial charge in [-0.05, 0) is 58.6 Å². The van der Waals surface area contributed by atoms with E-state index in [4.69, 9.17) is 4.74 Å². The molecule has 1 aromatic carbocycles. The number of ether oxygens (including phenoxy) is 1. The standard InChI is InChI=1S/C25H32F3N5O4/c1-24(2,3)37-23(36)31-17-11-9-16(10-12-17)21(34)29-13-14-30-22(35)19-15-33(18-7-5-4-6-8-18)32-20(19)25(26,27)28/h4-8,15-17H,9-14H2,1-3H3,(H,29,34)(H,30,35)(H,31,36)/t16-,17+. The summed E-state index contributed by atoms with van der Waals surface area (Å²) < 4.78 is 46.7. The molecule has 0 spiro atoms. The first kappa shape index (κ1) is 28.0. The van der Waals surface area contributed by atoms with Crippen molar-refractivity contribution in [2.24, 2.45) is 5.92 Å². The zero-order valence-electron chi connectivity index (χ0n) is 21.0. The van der Waals surface area contributed by atoms with E-state index in [0.29, 0.717) is 31.4 Å². The summed E-state index contributed by atoms with van der Waals surface area (Å²) in [5.74, 6) is -1.37. The third-order valence-corrected chi connectivity index (χ3v) is 5.78. The van der Waals surface area contributed by atoms with E-state index in [0.717, 1.165) is 10.9 Å². The minimum atomic E-state index is -4.81. The lowest BCUT2D eigenvalue weighted by atomic mass is 9.85. The van der Waals surface area contributed by atoms with Crippen LogP contribution < -0.4 is 16.0 Å². The molecule has 1 heterocycles. The Bertz CT molecular complexity index is 1090. The molecule has 0 unspecified atom stereocenters. The Hall–Kier alpha value is -3.57. The van der Waals surface area contributed by atoms with E-state index in [2.05, 4.69) is 21.0 Å². The van der Waals surface area contributed by atoms with E-state index < -0.39 is 35.0 Å². The maximum atomic E-state index is 13.5. The average Bonchev–Trinajstić information content (AvgIpc) is 3.28. The van der Waals surface area contributed by atoms with Crippen LogP contribution in [0.25, 0.3) is 5.69 Å². The number of alkyl carbamates (subject to hydrolysis) is 1. The van der Waals surface area contributed by atoms with Crippen LogP contribution in [0.1, 0.15) is 62.5 Å². The molecule has 0 aliphatic heterocycles. The molecule has 1 saturated carbocycles. The second kappa shape index (κ2) is 11.7. The number of para-hydroxylation sites is 1. The van der Waals surface area contributed by atoms with E-state index in [1.165, 1.54) is 0 Å². The van der Waals surface area contributed by atoms with E-state index in [1.54, 1.807) is 51.1 Å². The second-order valence-electron chi connectivity index (χ2n) is 9.91. The van der Waals surface area contributed by atoms with Crippen molar-refractivity contribution in [2.45, 2.75) is 64.3 Å². The average molecular weight is 524 g/mol. The predicted octanol–water partition coefficient (Wildman–Crippen LogP) is 3.82. The monoisotopic (exact) mass is 523 g/mol. The maximum Gasteiger partial charge on any atom is 0.435 e. The van der Waals surface area contributed by atoms with Crippen molar-refractivity contribution >= 4 is 17.9 Å². The van der Waals surface area contributed by atoms with E-state index in [1.807, 2.05) is 0 Å². The minimum Gasteiger partial charge on any atom is -0.444 e. The molecule has 37 heavy (non-hydrogen) atoms. The molecule has 2 aromatic rings. The number of alkyl halides is 3. The summed E-state index contributed by atoms with van der Waals surface area (Å²) in [6.07, 6.45) is -1.86. The largest absolute Gasteiger partial charge is 0.444 e. The number of amides is 3. The molecule has 0 saturated heterocycles. The lowest BCUT2D eigenvalue weighted by Gasteiger charge is -2.29. The topological polar surface area (TPSA) is 114 Å². The Morgan fingerprint density at radius 3 is 2.22 bits per heavy atom. The first-order chi connectivity index (χ1) is 17.3. The first-order valence-corrected chi connectivity index (χ1v) is 12.1. The number of benzene rings is 1. The van der Waals surface area contributed by atoms with Gasteiger partial charge < -0.3 is 20.7 Å². The van der Waals surface area contributed by atoms with Crippen molar-refractivity contribution in [1.29, 1.82) is 0 Å². The smallest absolute Gasteiger partial charge is 0.435 e. The van der Waals surface area contributed by atoms with E-state index in [-0.39, 0.29) is 31.0 Å². The Labute approximate surface area is 213 Å². The molecule has 0 bridgehead atoms. The quantitative estimate of drug-likeness (QED) is 0.478. The van der Waals surface area contributed by atoms with Crippen molar-refractivity contribution in [1.82, 2.24) is 25.7 Å². The lowest BCUT2D eigenvalue weighted by Crippen LogP contribution is -2.43. The van der Waals surface area contributed by atoms with Gasteiger partial charge in [-0.2, -0.15) is 18.3 Å². The van der Waals surface area contributed by atoms with Gasteiger partial charge in [0.1, 0.15) is 5.60 Å². The zero-order chi connectivity index (χ0) is 27.2. The fourth-order valence-corrected chi connectivity index (χ4v) is 4.04. The maximum absolute atomic E-state index is 13.5. The molecule has 3 amide bonds. The molecule has 0 radical (unpaired) electrons. The van der Waals surface area contributed by atoms with Crippen molar-refractivity contribution < 1.29 is 32.3 Å². The fraction of sp³-hybridized carbons (Fsp3) is 0.520. The van der Waals surface area contributed by atoms with Crippen LogP contribution in [0, 0.1) is 5.92 Å². The molecule has 9 nitrogen and oxygen atoms in total. The number of nitrogens with zero attached hydrogens (tertiary/aromatic N) is 2. The molecule has 0 atom stereocenters. The molecule has 202 valence electrons. The van der Waals surface area contributed by atoms with Gasteiger partial charge in [-0.3, -0.25) is 9.59 Å². The fourth-order valence-electron chi connectivity index (χ4n) is 4.04. The molecule has 12 heteroatoms. The van der Waals surface area contributed by atoms with Gasteiger partial charge in [-0.25, -0.2) is 9.48 Å². The number of halogens is 3. The molecule has 1 fully saturated rings. The summed E-state index contributed by atoms with van der Waals surface area (Å²) in [6.45, 7) is 5.36. The van der Waals surface area contributed by atoms with Crippen LogP contribution in [0.3, 0.4) is 0 Å². The van der Waals surface area contributed by atoms with Gasteiger partial charge in [0.05, 0.1) is 11.3 Å². The SMILES string of the molecule is CC(C)(C)OC(=O)N[C@H]1CC[C@@H](C(=O)NCCNC(=O)c2cn(-c3ccccc3)nc2C(F)(F)F)CC1. The van der Waals surface area contributed by atoms with Gasteiger partial charge >= 0.3 is 12.3 Å². The van der Waals surface area contributed by atoms with Gasteiger partial charge in [-0.1, -0.05) is 18.2 Å². The third-order valence-electron chi connectivity index (χ3n) is 5.78. The Morgan fingerprint density at radius 1 is 1.00 bits per heavy atom. The Kier molecular flexibility index (Phi) is 8.82. The van der Waals surface area contributed by atoms with Crippen LogP contribution in [0.4, 0.5) is 18.0 Å². The third kappa shape index (κ3) is 8.22. The van der Waals surface area contributed by atoms with Gasteiger partial charge in [0.2, 0.25) is 5.91 Å². The zero-order valence-corrected chi connectivity index (χ0v) is 21.0. The van der Waals surface area contributed by atoms with Crippen molar-refractivity contribution in [3.63, 3.8) is 0 Å². The van der Waals surface area contributed by atoms with Gasteiger partial charge in [0.25, 0.3) is 5.91 Å². The molecule has 1 aliphatic rings. The van der Waals surface area contributed by atoms with Crippen molar-refractivity contribution in [3.8, 4) is 5.69 Å². The van der Waals surface area contributed by atoms with Crippen molar-refractivity contribution in [3.05, 3.63) is 47.8 Å². The molecule has 1 aromatic heterocycles. The number of rotatable bonds is 7. The summed E-state index contributed by atoms with van der Waals surface area (Å²) in [4.78, 5) is 36.9. The lowest BCUT2D eigenvalue weighted by molar-refractivity contribution is -0.141. The van der Waals surface area contributed by atoms with E-state index in [9.17, 15) is 27.6 Å². The van der Waals surface area contributed by atoms with Crippen molar-refractivity contribution in [2.75, 3.05) is 13.1 Å². The van der Waals surface area contributed by atoms with Crippen LogP contribution in [-0.4, -0.2) is 52.4 Å². The Balaban J connectivity index is 1.45. The van der Waals surface area contributed by atoms with Crippen LogP contribution in [0.5, 0.6) is 0 Å². The van der Waals surface area contributed by atoms with Crippen LogP contribution in [0.15, 0.2) is 36.5 Å². The number of hydrogen-bond donors (Lipinski definition) is 3. The highest BCUT2D eigenvalue weighted by Gasteiger charge is 2.39. The normalized spacial score (nSPS) is 18.1. The number of hydrogen-bond acceptors (Lipinski definition) is 5. The number of carbonyl (C=O) groups is 3. The number of nitrogens with one attached hydrogen (secondary N) is 3. The number of carbonyl (C=O) groups excluding carboxylic acids is 3. The van der Waals surface area contributed by atoms with E-state index >= 15 is 0 Å². The van der Waals surface area contributed by atoms with Crippen LogP contribution in [0.2, 0.25) is 0 Å². The summed E-state index contributed by atoms with van der Waals surface area (Å²) in [5.41, 5.74) is -2.09. The van der Waals surface area contributed by atoms with Gasteiger partial charge in [-0.15, -0.1) is 0 Å². The highest BCUT2D eigenvalue weighted by Crippen LogP contribution is 2.31. The highest BCUT2D eigenvalue weighted by molar-refractivity contribution is 5.95. The van der Waals surface area contributed by atoms with Crippen LogP contribution in [-0.2, 0) is 15.7 Å². The summed E-state index contributed by atoms with van der Waals surface area (Å²) in [7, 11) is 0. The summed E-state index contributed by atoms with van der Waals surface area (Å²) in [6, 6.07) is 8.09.